The molecule has 4 rings (SSSR count). The summed E-state index contributed by atoms with van der Waals surface area (Å²) in [4.78, 5) is 28.1. The zero-order valence-electron chi connectivity index (χ0n) is 14.4. The number of anilines is 2. The number of rotatable bonds is 5. The Balaban J connectivity index is 1.36. The molecule has 2 aliphatic heterocycles. The molecule has 0 aliphatic carbocycles. The van der Waals surface area contributed by atoms with E-state index in [0.717, 1.165) is 36.7 Å². The molecule has 138 valence electrons. The highest BCUT2D eigenvalue weighted by Gasteiger charge is 2.30. The molecule has 2 saturated heterocycles. The molecule has 2 aromatic rings. The molecule has 0 radical (unpaired) electrons. The lowest BCUT2D eigenvalue weighted by atomic mass is 9.97. The first-order chi connectivity index (χ1) is 12.7. The summed E-state index contributed by atoms with van der Waals surface area (Å²) in [5.74, 6) is 0.807. The molecule has 1 atom stereocenters. The zero-order valence-corrected chi connectivity index (χ0v) is 15.2. The minimum Gasteiger partial charge on any atom is -0.467 e. The van der Waals surface area contributed by atoms with E-state index in [1.54, 1.807) is 11.2 Å². The third-order valence-electron chi connectivity index (χ3n) is 4.79. The van der Waals surface area contributed by atoms with Crippen LogP contribution in [0.25, 0.3) is 0 Å². The number of furan rings is 1. The number of hydrogen-bond donors (Lipinski definition) is 1. The van der Waals surface area contributed by atoms with E-state index in [9.17, 15) is 9.59 Å². The van der Waals surface area contributed by atoms with Crippen LogP contribution in [0.5, 0.6) is 0 Å². The third kappa shape index (κ3) is 3.57. The molecule has 0 spiro atoms. The highest BCUT2D eigenvalue weighted by atomic mass is 32.1. The molecule has 8 nitrogen and oxygen atoms in total. The first-order valence-electron chi connectivity index (χ1n) is 8.89. The number of nitrogens with one attached hydrogen (secondary N) is 1. The van der Waals surface area contributed by atoms with E-state index in [1.165, 1.54) is 11.3 Å². The van der Waals surface area contributed by atoms with Crippen LogP contribution in [0.3, 0.4) is 0 Å². The Hall–Kier alpha value is -2.42. The van der Waals surface area contributed by atoms with Crippen molar-refractivity contribution in [3.05, 3.63) is 24.2 Å². The highest BCUT2D eigenvalue weighted by molar-refractivity contribution is 7.19. The van der Waals surface area contributed by atoms with Crippen molar-refractivity contribution in [3.8, 4) is 0 Å². The Kier molecular flexibility index (Phi) is 4.87. The minimum absolute atomic E-state index is 0.0329. The van der Waals surface area contributed by atoms with Gasteiger partial charge in [0.2, 0.25) is 22.1 Å². The van der Waals surface area contributed by atoms with E-state index in [2.05, 4.69) is 20.4 Å². The summed E-state index contributed by atoms with van der Waals surface area (Å²) in [6, 6.07) is 3.65. The highest BCUT2D eigenvalue weighted by Crippen LogP contribution is 2.32. The summed E-state index contributed by atoms with van der Waals surface area (Å²) in [5, 5.41) is 12.8. The fourth-order valence-electron chi connectivity index (χ4n) is 3.39. The first-order valence-corrected chi connectivity index (χ1v) is 9.71. The standard InChI is InChI=1S/C17H21N5O3S/c23-14-6-2-8-22(14)17-20-19-16(26-17)21-7-1-4-12(11-21)15(24)18-10-13-5-3-9-25-13/h3,5,9,12H,1-2,4,6-8,10-11H2,(H,18,24)/t12-/m1/s1. The van der Waals surface area contributed by atoms with Crippen molar-refractivity contribution in [2.24, 2.45) is 5.92 Å². The van der Waals surface area contributed by atoms with Gasteiger partial charge in [-0.1, -0.05) is 11.3 Å². The van der Waals surface area contributed by atoms with Gasteiger partial charge >= 0.3 is 0 Å². The van der Waals surface area contributed by atoms with Crippen LogP contribution < -0.4 is 15.1 Å². The predicted molar refractivity (Wildman–Crippen MR) is 97.0 cm³/mol. The lowest BCUT2D eigenvalue weighted by Crippen LogP contribution is -2.42. The summed E-state index contributed by atoms with van der Waals surface area (Å²) in [6.45, 7) is 2.59. The van der Waals surface area contributed by atoms with Crippen LogP contribution in [0.4, 0.5) is 10.3 Å². The molecule has 26 heavy (non-hydrogen) atoms. The van der Waals surface area contributed by atoms with Gasteiger partial charge in [0, 0.05) is 26.1 Å². The lowest BCUT2D eigenvalue weighted by Gasteiger charge is -2.31. The van der Waals surface area contributed by atoms with Gasteiger partial charge in [-0.05, 0) is 31.4 Å². The minimum atomic E-state index is -0.0838. The molecule has 9 heteroatoms. The topological polar surface area (TPSA) is 91.6 Å². The Morgan fingerprint density at radius 2 is 2.19 bits per heavy atom. The van der Waals surface area contributed by atoms with Gasteiger partial charge in [0.05, 0.1) is 18.7 Å². The van der Waals surface area contributed by atoms with Crippen molar-refractivity contribution in [3.63, 3.8) is 0 Å². The maximum Gasteiger partial charge on any atom is 0.228 e. The van der Waals surface area contributed by atoms with E-state index in [-0.39, 0.29) is 17.7 Å². The smallest absolute Gasteiger partial charge is 0.228 e. The normalized spacial score (nSPS) is 20.6. The number of piperidine rings is 1. The van der Waals surface area contributed by atoms with Crippen LogP contribution in [-0.2, 0) is 16.1 Å². The SMILES string of the molecule is O=C(NCc1ccco1)[C@@H]1CCCN(c2nnc(N3CCCC3=O)s2)C1. The largest absolute Gasteiger partial charge is 0.467 e. The van der Waals surface area contributed by atoms with Gasteiger partial charge in [0.1, 0.15) is 5.76 Å². The average Bonchev–Trinajstić information content (AvgIpc) is 3.41. The van der Waals surface area contributed by atoms with E-state index >= 15 is 0 Å². The fraction of sp³-hybridized carbons (Fsp3) is 0.529. The maximum absolute atomic E-state index is 12.5. The fourth-order valence-corrected chi connectivity index (χ4v) is 4.32. The zero-order chi connectivity index (χ0) is 17.9. The van der Waals surface area contributed by atoms with E-state index in [0.29, 0.717) is 31.2 Å². The summed E-state index contributed by atoms with van der Waals surface area (Å²) < 4.78 is 5.25. The van der Waals surface area contributed by atoms with Crippen molar-refractivity contribution < 1.29 is 14.0 Å². The molecule has 0 bridgehead atoms. The molecule has 0 unspecified atom stereocenters. The molecule has 1 N–H and O–H groups in total. The number of carbonyl (C=O) groups excluding carboxylic acids is 2. The summed E-state index contributed by atoms with van der Waals surface area (Å²) in [7, 11) is 0. The molecular weight excluding hydrogens is 354 g/mol. The number of carbonyl (C=O) groups is 2. The maximum atomic E-state index is 12.5. The molecular formula is C17H21N5O3S. The van der Waals surface area contributed by atoms with Gasteiger partial charge in [0.25, 0.3) is 0 Å². The Bertz CT molecular complexity index is 775. The molecule has 0 aromatic carbocycles. The second kappa shape index (κ2) is 7.45. The monoisotopic (exact) mass is 375 g/mol. The van der Waals surface area contributed by atoms with Gasteiger partial charge in [-0.2, -0.15) is 0 Å². The molecule has 2 aliphatic rings. The molecule has 2 fully saturated rings. The van der Waals surface area contributed by atoms with Crippen LogP contribution >= 0.6 is 11.3 Å². The van der Waals surface area contributed by atoms with Crippen molar-refractivity contribution in [2.45, 2.75) is 32.2 Å². The average molecular weight is 375 g/mol. The van der Waals surface area contributed by atoms with E-state index < -0.39 is 0 Å². The molecule has 2 aromatic heterocycles. The molecule has 0 saturated carbocycles. The van der Waals surface area contributed by atoms with Crippen molar-refractivity contribution >= 4 is 33.4 Å². The van der Waals surface area contributed by atoms with Crippen LogP contribution in [0.15, 0.2) is 22.8 Å². The van der Waals surface area contributed by atoms with Crippen molar-refractivity contribution in [2.75, 3.05) is 29.4 Å². The Labute approximate surface area is 155 Å². The summed E-state index contributed by atoms with van der Waals surface area (Å²) >= 11 is 1.43. The van der Waals surface area contributed by atoms with Crippen LogP contribution in [0.1, 0.15) is 31.4 Å². The van der Waals surface area contributed by atoms with Crippen LogP contribution in [0.2, 0.25) is 0 Å². The quantitative estimate of drug-likeness (QED) is 0.857. The predicted octanol–water partition coefficient (Wildman–Crippen LogP) is 1.79. The number of hydrogen-bond acceptors (Lipinski definition) is 7. The number of nitrogens with zero attached hydrogens (tertiary/aromatic N) is 4. The van der Waals surface area contributed by atoms with Crippen molar-refractivity contribution in [1.29, 1.82) is 0 Å². The third-order valence-corrected chi connectivity index (χ3v) is 5.79. The van der Waals surface area contributed by atoms with Gasteiger partial charge in [0.15, 0.2) is 0 Å². The summed E-state index contributed by atoms with van der Waals surface area (Å²) in [6.07, 6.45) is 4.83. The van der Waals surface area contributed by atoms with Crippen LogP contribution in [0, 0.1) is 5.92 Å². The second-order valence-electron chi connectivity index (χ2n) is 6.60. The molecule has 4 heterocycles. The number of amides is 2. The van der Waals surface area contributed by atoms with Crippen molar-refractivity contribution in [1.82, 2.24) is 15.5 Å². The van der Waals surface area contributed by atoms with Gasteiger partial charge in [-0.3, -0.25) is 14.5 Å². The van der Waals surface area contributed by atoms with Gasteiger partial charge < -0.3 is 14.6 Å². The van der Waals surface area contributed by atoms with E-state index in [1.807, 2.05) is 12.1 Å². The summed E-state index contributed by atoms with van der Waals surface area (Å²) in [5.41, 5.74) is 0. The second-order valence-corrected chi connectivity index (χ2v) is 7.53. The Morgan fingerprint density at radius 3 is 2.96 bits per heavy atom. The van der Waals surface area contributed by atoms with Gasteiger partial charge in [-0.25, -0.2) is 0 Å². The first kappa shape index (κ1) is 17.0. The van der Waals surface area contributed by atoms with E-state index in [4.69, 9.17) is 4.42 Å². The molecule has 2 amide bonds. The van der Waals surface area contributed by atoms with Gasteiger partial charge in [-0.15, -0.1) is 10.2 Å². The Morgan fingerprint density at radius 1 is 1.31 bits per heavy atom. The number of aromatic nitrogens is 2. The van der Waals surface area contributed by atoms with Crippen LogP contribution in [-0.4, -0.2) is 41.6 Å². The lowest BCUT2D eigenvalue weighted by molar-refractivity contribution is -0.125.